The number of hydrazone groups is 1. The Morgan fingerprint density at radius 2 is 1.74 bits per heavy atom. The molecule has 6 heteroatoms. The Kier molecular flexibility index (Phi) is 5.79. The summed E-state index contributed by atoms with van der Waals surface area (Å²) in [5.41, 5.74) is 4.89. The standard InChI is InChI=1S/C21H17FN2O3/c22-19-7-3-1-6-17(19)14-27-20-8-4-2-5-16(20)13-23-24-18-11-9-15(10-12-18)21(25)26/h1-13,24H,14H2,(H,25,26)/b23-13+. The predicted octanol–water partition coefficient (Wildman–Crippen LogP) is 4.55. The first-order valence-corrected chi connectivity index (χ1v) is 8.21. The molecule has 0 saturated heterocycles. The van der Waals surface area contributed by atoms with E-state index in [2.05, 4.69) is 10.5 Å². The molecule has 0 bridgehead atoms. The summed E-state index contributed by atoms with van der Waals surface area (Å²) in [5.74, 6) is -0.714. The van der Waals surface area contributed by atoms with Gasteiger partial charge in [0.1, 0.15) is 18.2 Å². The third-order valence-corrected chi connectivity index (χ3v) is 3.79. The van der Waals surface area contributed by atoms with E-state index in [1.54, 1.807) is 42.6 Å². The van der Waals surface area contributed by atoms with Crippen LogP contribution in [0.5, 0.6) is 5.75 Å². The lowest BCUT2D eigenvalue weighted by Gasteiger charge is -2.09. The van der Waals surface area contributed by atoms with Crippen LogP contribution in [0.3, 0.4) is 0 Å². The molecule has 0 aliphatic rings. The highest BCUT2D eigenvalue weighted by molar-refractivity contribution is 5.88. The van der Waals surface area contributed by atoms with Crippen molar-refractivity contribution < 1.29 is 19.0 Å². The fourth-order valence-electron chi connectivity index (χ4n) is 2.35. The van der Waals surface area contributed by atoms with Gasteiger partial charge in [-0.25, -0.2) is 9.18 Å². The number of carboxylic acids is 1. The quantitative estimate of drug-likeness (QED) is 0.477. The summed E-state index contributed by atoms with van der Waals surface area (Å²) in [7, 11) is 0. The van der Waals surface area contributed by atoms with Crippen molar-refractivity contribution in [3.05, 3.63) is 95.3 Å². The van der Waals surface area contributed by atoms with Gasteiger partial charge in [-0.3, -0.25) is 5.43 Å². The zero-order valence-electron chi connectivity index (χ0n) is 14.3. The summed E-state index contributed by atoms with van der Waals surface area (Å²) in [4.78, 5) is 10.8. The van der Waals surface area contributed by atoms with Crippen LogP contribution in [0.25, 0.3) is 0 Å². The van der Waals surface area contributed by atoms with Crippen LogP contribution in [0, 0.1) is 5.82 Å². The van der Waals surface area contributed by atoms with Crippen LogP contribution in [0.4, 0.5) is 10.1 Å². The van der Waals surface area contributed by atoms with Crippen molar-refractivity contribution in [2.24, 2.45) is 5.10 Å². The Hall–Kier alpha value is -3.67. The first-order chi connectivity index (χ1) is 13.1. The normalized spacial score (nSPS) is 10.7. The molecule has 0 atom stereocenters. The van der Waals surface area contributed by atoms with Crippen LogP contribution < -0.4 is 10.2 Å². The average molecular weight is 364 g/mol. The zero-order chi connectivity index (χ0) is 19.1. The topological polar surface area (TPSA) is 70.9 Å². The maximum atomic E-state index is 13.7. The maximum absolute atomic E-state index is 13.7. The number of ether oxygens (including phenoxy) is 1. The van der Waals surface area contributed by atoms with E-state index < -0.39 is 5.97 Å². The molecule has 0 heterocycles. The van der Waals surface area contributed by atoms with E-state index in [0.29, 0.717) is 17.0 Å². The molecule has 2 N–H and O–H groups in total. The molecule has 0 unspecified atom stereocenters. The molecule has 3 rings (SSSR count). The molecule has 5 nitrogen and oxygen atoms in total. The molecule has 0 fully saturated rings. The van der Waals surface area contributed by atoms with Crippen LogP contribution >= 0.6 is 0 Å². The van der Waals surface area contributed by atoms with Crippen LogP contribution in [0.1, 0.15) is 21.5 Å². The zero-order valence-corrected chi connectivity index (χ0v) is 14.3. The summed E-state index contributed by atoms with van der Waals surface area (Å²) < 4.78 is 19.4. The third-order valence-electron chi connectivity index (χ3n) is 3.79. The van der Waals surface area contributed by atoms with Gasteiger partial charge in [-0.05, 0) is 42.5 Å². The minimum atomic E-state index is -0.981. The number of carbonyl (C=O) groups is 1. The highest BCUT2D eigenvalue weighted by atomic mass is 19.1. The first kappa shape index (κ1) is 18.1. The van der Waals surface area contributed by atoms with E-state index in [9.17, 15) is 9.18 Å². The van der Waals surface area contributed by atoms with Crippen molar-refractivity contribution in [1.82, 2.24) is 0 Å². The van der Waals surface area contributed by atoms with Gasteiger partial charge in [-0.1, -0.05) is 30.3 Å². The number of hydrogen-bond donors (Lipinski definition) is 2. The summed E-state index contributed by atoms with van der Waals surface area (Å²) in [6, 6.07) is 20.0. The van der Waals surface area contributed by atoms with Crippen LogP contribution in [-0.4, -0.2) is 17.3 Å². The molecule has 136 valence electrons. The number of hydrogen-bond acceptors (Lipinski definition) is 4. The lowest BCUT2D eigenvalue weighted by Crippen LogP contribution is -2.01. The van der Waals surface area contributed by atoms with Gasteiger partial charge in [0, 0.05) is 11.1 Å². The van der Waals surface area contributed by atoms with Crippen molar-refractivity contribution in [2.75, 3.05) is 5.43 Å². The Morgan fingerprint density at radius 1 is 1.04 bits per heavy atom. The number of para-hydroxylation sites is 1. The van der Waals surface area contributed by atoms with Gasteiger partial charge >= 0.3 is 5.97 Å². The second kappa shape index (κ2) is 8.62. The van der Waals surface area contributed by atoms with Crippen molar-refractivity contribution in [3.63, 3.8) is 0 Å². The van der Waals surface area contributed by atoms with Crippen molar-refractivity contribution >= 4 is 17.9 Å². The number of rotatable bonds is 7. The van der Waals surface area contributed by atoms with Gasteiger partial charge in [0.15, 0.2) is 0 Å². The van der Waals surface area contributed by atoms with E-state index in [4.69, 9.17) is 9.84 Å². The number of carboxylic acid groups (broad SMARTS) is 1. The molecule has 0 aromatic heterocycles. The molecule has 3 aromatic rings. The summed E-state index contributed by atoms with van der Waals surface area (Å²) in [6.07, 6.45) is 1.59. The second-order valence-electron chi connectivity index (χ2n) is 5.67. The fourth-order valence-corrected chi connectivity index (χ4v) is 2.35. The van der Waals surface area contributed by atoms with Gasteiger partial charge in [0.05, 0.1) is 17.5 Å². The van der Waals surface area contributed by atoms with Gasteiger partial charge in [-0.2, -0.15) is 5.10 Å². The van der Waals surface area contributed by atoms with Crippen LogP contribution in [-0.2, 0) is 6.61 Å². The minimum absolute atomic E-state index is 0.113. The van der Waals surface area contributed by atoms with Gasteiger partial charge in [0.25, 0.3) is 0 Å². The monoisotopic (exact) mass is 364 g/mol. The molecule has 0 aliphatic heterocycles. The number of benzene rings is 3. The smallest absolute Gasteiger partial charge is 0.335 e. The lowest BCUT2D eigenvalue weighted by atomic mass is 10.2. The van der Waals surface area contributed by atoms with Crippen LogP contribution in [0.15, 0.2) is 77.9 Å². The SMILES string of the molecule is O=C(O)c1ccc(N/N=C/c2ccccc2OCc2ccccc2F)cc1. The molecular formula is C21H17FN2O3. The number of anilines is 1. The van der Waals surface area contributed by atoms with E-state index in [0.717, 1.165) is 5.56 Å². The van der Waals surface area contributed by atoms with E-state index in [1.165, 1.54) is 18.2 Å². The largest absolute Gasteiger partial charge is 0.488 e. The van der Waals surface area contributed by atoms with E-state index in [-0.39, 0.29) is 18.0 Å². The van der Waals surface area contributed by atoms with E-state index >= 15 is 0 Å². The maximum Gasteiger partial charge on any atom is 0.335 e. The summed E-state index contributed by atoms with van der Waals surface area (Å²) in [6.45, 7) is 0.113. The highest BCUT2D eigenvalue weighted by Gasteiger charge is 2.05. The van der Waals surface area contributed by atoms with Gasteiger partial charge in [-0.15, -0.1) is 0 Å². The van der Waals surface area contributed by atoms with E-state index in [1.807, 2.05) is 18.2 Å². The number of nitrogens with zero attached hydrogens (tertiary/aromatic N) is 1. The van der Waals surface area contributed by atoms with Crippen molar-refractivity contribution in [2.45, 2.75) is 6.61 Å². The highest BCUT2D eigenvalue weighted by Crippen LogP contribution is 2.19. The Morgan fingerprint density at radius 3 is 2.48 bits per heavy atom. The number of nitrogens with one attached hydrogen (secondary N) is 1. The third kappa shape index (κ3) is 4.92. The molecule has 0 saturated carbocycles. The predicted molar refractivity (Wildman–Crippen MR) is 102 cm³/mol. The molecule has 0 aliphatic carbocycles. The second-order valence-corrected chi connectivity index (χ2v) is 5.67. The summed E-state index contributed by atoms with van der Waals surface area (Å²) in [5, 5.41) is 13.0. The number of aromatic carboxylic acids is 1. The average Bonchev–Trinajstić information content (AvgIpc) is 2.69. The van der Waals surface area contributed by atoms with Crippen molar-refractivity contribution in [1.29, 1.82) is 0 Å². The molecule has 3 aromatic carbocycles. The minimum Gasteiger partial charge on any atom is -0.488 e. The number of halogens is 1. The Bertz CT molecular complexity index is 956. The molecule has 27 heavy (non-hydrogen) atoms. The molecular weight excluding hydrogens is 347 g/mol. The Balaban J connectivity index is 1.65. The molecule has 0 spiro atoms. The first-order valence-electron chi connectivity index (χ1n) is 8.21. The van der Waals surface area contributed by atoms with Gasteiger partial charge in [0.2, 0.25) is 0 Å². The van der Waals surface area contributed by atoms with Crippen LogP contribution in [0.2, 0.25) is 0 Å². The van der Waals surface area contributed by atoms with Gasteiger partial charge < -0.3 is 9.84 Å². The fraction of sp³-hybridized carbons (Fsp3) is 0.0476. The van der Waals surface area contributed by atoms with Crippen molar-refractivity contribution in [3.8, 4) is 5.75 Å². The summed E-state index contributed by atoms with van der Waals surface area (Å²) >= 11 is 0. The lowest BCUT2D eigenvalue weighted by molar-refractivity contribution is 0.0697. The molecule has 0 radical (unpaired) electrons. The Labute approximate surface area is 155 Å². The molecule has 0 amide bonds.